The molecule has 2 fully saturated rings. The van der Waals surface area contributed by atoms with Crippen LogP contribution >= 0.6 is 24.8 Å². The van der Waals surface area contributed by atoms with E-state index in [2.05, 4.69) is 19.9 Å². The van der Waals surface area contributed by atoms with Gasteiger partial charge in [-0.05, 0) is 61.9 Å². The van der Waals surface area contributed by atoms with Gasteiger partial charge < -0.3 is 5.11 Å². The predicted molar refractivity (Wildman–Crippen MR) is 107 cm³/mol. The van der Waals surface area contributed by atoms with Crippen LogP contribution in [0.3, 0.4) is 0 Å². The van der Waals surface area contributed by atoms with Gasteiger partial charge in [0.1, 0.15) is 6.61 Å². The molecule has 0 unspecified atom stereocenters. The van der Waals surface area contributed by atoms with Crippen molar-refractivity contribution in [1.29, 1.82) is 0 Å². The van der Waals surface area contributed by atoms with Gasteiger partial charge in [0.05, 0.1) is 0 Å². The third-order valence-corrected chi connectivity index (χ3v) is 7.88. The van der Waals surface area contributed by atoms with Crippen LogP contribution in [0.5, 0.6) is 0 Å². The molecule has 0 amide bonds. The maximum atomic E-state index is 12.2. The molecular formula is C21H30Cl2O3. The Morgan fingerprint density at radius 2 is 1.92 bits per heavy atom. The molecule has 0 aromatic rings. The van der Waals surface area contributed by atoms with E-state index in [4.69, 9.17) is 0 Å². The standard InChI is InChI=1S/C21H28O3.2ClH/c1-20-9-7-14(23)11-13(20)3-4-15-16-5-6-18(19(24)12-22)21(16,2)10-8-17(15)20;;/h8,11,15-16,18,22H,3-7,9-10,12H2,1-2H3;2*1H/t15-,16-,18+,20-,21-;;/m0../s1. The number of allylic oxidation sites excluding steroid dienone is 4. The summed E-state index contributed by atoms with van der Waals surface area (Å²) in [4.78, 5) is 24.1. The molecule has 0 radical (unpaired) electrons. The van der Waals surface area contributed by atoms with Gasteiger partial charge in [-0.3, -0.25) is 9.59 Å². The summed E-state index contributed by atoms with van der Waals surface area (Å²) in [6, 6.07) is 0. The lowest BCUT2D eigenvalue weighted by atomic mass is 9.51. The van der Waals surface area contributed by atoms with Crippen molar-refractivity contribution in [2.45, 2.75) is 58.8 Å². The van der Waals surface area contributed by atoms with Gasteiger partial charge >= 0.3 is 0 Å². The SMILES string of the molecule is C[C@]12CCC(=O)C=C1CC[C@@H]1C2=CC[C@]2(C)[C@@H](C(=O)CO)CC[C@@H]12.Cl.Cl. The molecule has 0 spiro atoms. The average molecular weight is 401 g/mol. The molecule has 3 nitrogen and oxygen atoms in total. The molecule has 4 aliphatic carbocycles. The van der Waals surface area contributed by atoms with Crippen molar-refractivity contribution in [3.8, 4) is 0 Å². The van der Waals surface area contributed by atoms with E-state index in [-0.39, 0.29) is 59.7 Å². The Morgan fingerprint density at radius 1 is 1.19 bits per heavy atom. The van der Waals surface area contributed by atoms with Crippen molar-refractivity contribution in [3.63, 3.8) is 0 Å². The second-order valence-electron chi connectivity index (χ2n) is 8.84. The van der Waals surface area contributed by atoms with Crippen LogP contribution in [-0.4, -0.2) is 23.3 Å². The lowest BCUT2D eigenvalue weighted by Gasteiger charge is -2.53. The first-order chi connectivity index (χ1) is 11.4. The van der Waals surface area contributed by atoms with Gasteiger partial charge in [-0.15, -0.1) is 24.8 Å². The van der Waals surface area contributed by atoms with Gasteiger partial charge in [-0.25, -0.2) is 0 Å². The third-order valence-electron chi connectivity index (χ3n) is 7.88. The normalized spacial score (nSPS) is 40.7. The van der Waals surface area contributed by atoms with E-state index in [1.165, 1.54) is 5.57 Å². The van der Waals surface area contributed by atoms with Crippen molar-refractivity contribution in [2.75, 3.05) is 6.61 Å². The van der Waals surface area contributed by atoms with Crippen LogP contribution in [0.4, 0.5) is 0 Å². The Bertz CT molecular complexity index is 668. The number of rotatable bonds is 2. The summed E-state index contributed by atoms with van der Waals surface area (Å²) in [5, 5.41) is 9.35. The number of aliphatic hydroxyl groups excluding tert-OH is 1. The monoisotopic (exact) mass is 400 g/mol. The first kappa shape index (κ1) is 21.7. The summed E-state index contributed by atoms with van der Waals surface area (Å²) >= 11 is 0. The first-order valence-electron chi connectivity index (χ1n) is 9.48. The minimum Gasteiger partial charge on any atom is -0.389 e. The summed E-state index contributed by atoms with van der Waals surface area (Å²) < 4.78 is 0. The number of fused-ring (bicyclic) bond motifs is 5. The highest BCUT2D eigenvalue weighted by molar-refractivity contribution is 5.92. The number of halogens is 2. The molecule has 0 bridgehead atoms. The highest BCUT2D eigenvalue weighted by Gasteiger charge is 2.57. The molecule has 0 aliphatic heterocycles. The molecule has 0 aromatic carbocycles. The van der Waals surface area contributed by atoms with Crippen LogP contribution in [0.1, 0.15) is 58.8 Å². The zero-order chi connectivity index (χ0) is 17.1. The summed E-state index contributed by atoms with van der Waals surface area (Å²) in [6.45, 7) is 4.28. The Kier molecular flexibility index (Phi) is 6.17. The van der Waals surface area contributed by atoms with Gasteiger partial charge in [0.15, 0.2) is 11.6 Å². The number of Topliss-reactive ketones (excluding diaryl/α,β-unsaturated/α-hetero) is 1. The van der Waals surface area contributed by atoms with E-state index in [1.807, 2.05) is 6.08 Å². The maximum absolute atomic E-state index is 12.2. The quantitative estimate of drug-likeness (QED) is 0.695. The van der Waals surface area contributed by atoms with Gasteiger partial charge in [0.2, 0.25) is 0 Å². The van der Waals surface area contributed by atoms with Gasteiger partial charge in [-0.1, -0.05) is 31.1 Å². The molecule has 146 valence electrons. The lowest BCUT2D eigenvalue weighted by molar-refractivity contribution is -0.129. The number of aliphatic hydroxyl groups is 1. The highest BCUT2D eigenvalue weighted by Crippen LogP contribution is 2.64. The predicted octanol–water partition coefficient (Wildman–Crippen LogP) is 4.46. The van der Waals surface area contributed by atoms with Crippen LogP contribution < -0.4 is 0 Å². The van der Waals surface area contributed by atoms with Crippen LogP contribution in [0.2, 0.25) is 0 Å². The van der Waals surface area contributed by atoms with Crippen LogP contribution in [0.25, 0.3) is 0 Å². The Labute approximate surface area is 168 Å². The molecule has 2 saturated carbocycles. The molecular weight excluding hydrogens is 371 g/mol. The van der Waals surface area contributed by atoms with Crippen molar-refractivity contribution in [3.05, 3.63) is 23.3 Å². The van der Waals surface area contributed by atoms with Crippen LogP contribution in [-0.2, 0) is 9.59 Å². The Hall–Kier alpha value is -0.640. The Morgan fingerprint density at radius 3 is 2.62 bits per heavy atom. The van der Waals surface area contributed by atoms with Crippen molar-refractivity contribution >= 4 is 36.4 Å². The fraction of sp³-hybridized carbons (Fsp3) is 0.714. The second kappa shape index (κ2) is 7.41. The van der Waals surface area contributed by atoms with E-state index >= 15 is 0 Å². The number of hydrogen-bond acceptors (Lipinski definition) is 3. The van der Waals surface area contributed by atoms with E-state index in [0.717, 1.165) is 38.5 Å². The minimum absolute atomic E-state index is 0. The summed E-state index contributed by atoms with van der Waals surface area (Å²) in [5.74, 6) is 1.44. The highest BCUT2D eigenvalue weighted by atomic mass is 35.5. The van der Waals surface area contributed by atoms with E-state index in [0.29, 0.717) is 18.3 Å². The molecule has 0 heterocycles. The Balaban J connectivity index is 0.00000121. The molecule has 0 aromatic heterocycles. The smallest absolute Gasteiger partial charge is 0.161 e. The minimum atomic E-state index is -0.319. The summed E-state index contributed by atoms with van der Waals surface area (Å²) in [5.41, 5.74) is 2.96. The molecule has 1 N–H and O–H groups in total. The average Bonchev–Trinajstić information content (AvgIpc) is 2.92. The van der Waals surface area contributed by atoms with E-state index in [9.17, 15) is 14.7 Å². The zero-order valence-electron chi connectivity index (χ0n) is 15.6. The molecule has 26 heavy (non-hydrogen) atoms. The van der Waals surface area contributed by atoms with Gasteiger partial charge in [0.25, 0.3) is 0 Å². The van der Waals surface area contributed by atoms with Crippen molar-refractivity contribution in [1.82, 2.24) is 0 Å². The van der Waals surface area contributed by atoms with Crippen molar-refractivity contribution in [2.24, 2.45) is 28.6 Å². The van der Waals surface area contributed by atoms with Gasteiger partial charge in [-0.2, -0.15) is 0 Å². The first-order valence-corrected chi connectivity index (χ1v) is 9.48. The number of hydrogen-bond donors (Lipinski definition) is 1. The molecule has 4 rings (SSSR count). The fourth-order valence-electron chi connectivity index (χ4n) is 6.49. The molecule has 4 aliphatic rings. The third kappa shape index (κ3) is 2.91. The number of ketones is 2. The molecule has 5 heteroatoms. The summed E-state index contributed by atoms with van der Waals surface area (Å²) in [7, 11) is 0. The zero-order valence-corrected chi connectivity index (χ0v) is 17.3. The largest absolute Gasteiger partial charge is 0.389 e. The fourth-order valence-corrected chi connectivity index (χ4v) is 6.49. The van der Waals surface area contributed by atoms with E-state index < -0.39 is 0 Å². The molecule has 5 atom stereocenters. The van der Waals surface area contributed by atoms with Crippen LogP contribution in [0, 0.1) is 28.6 Å². The van der Waals surface area contributed by atoms with Crippen molar-refractivity contribution < 1.29 is 14.7 Å². The maximum Gasteiger partial charge on any atom is 0.161 e. The molecule has 0 saturated heterocycles. The topological polar surface area (TPSA) is 54.4 Å². The number of carbonyl (C=O) groups excluding carboxylic acids is 2. The van der Waals surface area contributed by atoms with Gasteiger partial charge in [0, 0.05) is 17.8 Å². The summed E-state index contributed by atoms with van der Waals surface area (Å²) in [6.07, 6.45) is 11.0. The second-order valence-corrected chi connectivity index (χ2v) is 8.84. The van der Waals surface area contributed by atoms with Crippen LogP contribution in [0.15, 0.2) is 23.3 Å². The van der Waals surface area contributed by atoms with E-state index in [1.54, 1.807) is 5.57 Å². The number of carbonyl (C=O) groups is 2. The lowest BCUT2D eigenvalue weighted by Crippen LogP contribution is -2.45.